The molecule has 0 aromatic rings. The Kier molecular flexibility index (Phi) is 10.3. The first kappa shape index (κ1) is 16.9. The van der Waals surface area contributed by atoms with Crippen LogP contribution in [0.5, 0.6) is 0 Å². The van der Waals surface area contributed by atoms with Gasteiger partial charge in [-0.05, 0) is 12.3 Å². The van der Waals surface area contributed by atoms with Gasteiger partial charge in [-0.15, -0.1) is 0 Å². The Labute approximate surface area is 109 Å². The van der Waals surface area contributed by atoms with Crippen molar-refractivity contribution in [3.05, 3.63) is 0 Å². The maximum atomic E-state index is 11.3. The normalized spacial score (nSPS) is 10.4. The molecule has 0 saturated heterocycles. The van der Waals surface area contributed by atoms with E-state index < -0.39 is 11.9 Å². The molecule has 0 amide bonds. The van der Waals surface area contributed by atoms with E-state index in [4.69, 9.17) is 14.2 Å². The average Bonchev–Trinajstić information content (AvgIpc) is 2.37. The van der Waals surface area contributed by atoms with Crippen molar-refractivity contribution in [1.82, 2.24) is 0 Å². The molecular formula is C13H24O5. The molecule has 0 rings (SSSR count). The second-order valence-corrected chi connectivity index (χ2v) is 4.08. The van der Waals surface area contributed by atoms with Crippen LogP contribution in [0.15, 0.2) is 0 Å². The summed E-state index contributed by atoms with van der Waals surface area (Å²) in [5.41, 5.74) is 0. The maximum Gasteiger partial charge on any atom is 0.332 e. The van der Waals surface area contributed by atoms with Gasteiger partial charge in [0.15, 0.2) is 0 Å². The highest BCUT2D eigenvalue weighted by molar-refractivity contribution is 5.73. The number of hydrogen-bond acceptors (Lipinski definition) is 5. The third-order valence-electron chi connectivity index (χ3n) is 2.54. The average molecular weight is 260 g/mol. The first-order chi connectivity index (χ1) is 8.63. The number of ether oxygens (including phenoxy) is 3. The number of carbonyl (C=O) groups excluding carboxylic acids is 2. The molecule has 0 aromatic carbocycles. The summed E-state index contributed by atoms with van der Waals surface area (Å²) in [5.74, 6) is -0.502. The van der Waals surface area contributed by atoms with Gasteiger partial charge in [0.05, 0.1) is 13.2 Å². The van der Waals surface area contributed by atoms with Gasteiger partial charge in [0.2, 0.25) is 0 Å². The van der Waals surface area contributed by atoms with Crippen LogP contribution in [0.4, 0.5) is 0 Å². The van der Waals surface area contributed by atoms with Gasteiger partial charge in [0.25, 0.3) is 0 Å². The molecule has 0 heterocycles. The van der Waals surface area contributed by atoms with E-state index in [9.17, 15) is 9.59 Å². The van der Waals surface area contributed by atoms with Crippen molar-refractivity contribution < 1.29 is 23.8 Å². The fourth-order valence-corrected chi connectivity index (χ4v) is 1.25. The van der Waals surface area contributed by atoms with Crippen molar-refractivity contribution in [3.8, 4) is 0 Å². The lowest BCUT2D eigenvalue weighted by molar-refractivity contribution is -0.156. The highest BCUT2D eigenvalue weighted by atomic mass is 16.6. The van der Waals surface area contributed by atoms with Gasteiger partial charge >= 0.3 is 11.9 Å². The van der Waals surface area contributed by atoms with Crippen LogP contribution in [0.25, 0.3) is 0 Å². The zero-order chi connectivity index (χ0) is 13.8. The van der Waals surface area contributed by atoms with Gasteiger partial charge in [-0.2, -0.15) is 0 Å². The van der Waals surface area contributed by atoms with Gasteiger partial charge < -0.3 is 14.2 Å². The molecule has 18 heavy (non-hydrogen) atoms. The molecule has 0 spiro atoms. The van der Waals surface area contributed by atoms with Crippen molar-refractivity contribution >= 4 is 11.9 Å². The maximum absolute atomic E-state index is 11.3. The van der Waals surface area contributed by atoms with E-state index in [0.717, 1.165) is 19.3 Å². The van der Waals surface area contributed by atoms with E-state index in [0.29, 0.717) is 19.1 Å². The molecule has 0 N–H and O–H groups in total. The summed E-state index contributed by atoms with van der Waals surface area (Å²) in [5, 5.41) is 0. The monoisotopic (exact) mass is 260 g/mol. The van der Waals surface area contributed by atoms with E-state index in [-0.39, 0.29) is 13.2 Å². The summed E-state index contributed by atoms with van der Waals surface area (Å²) in [4.78, 5) is 22.3. The Hall–Kier alpha value is -1.10. The van der Waals surface area contributed by atoms with Gasteiger partial charge in [-0.3, -0.25) is 0 Å². The standard InChI is InChI=1S/C13H24O5/c1-4-7-17-12(14)9-16-10-13(15)18-8-11(5-2)6-3/h11H,4-10H2,1-3H3. The van der Waals surface area contributed by atoms with Crippen molar-refractivity contribution in [1.29, 1.82) is 0 Å². The number of carbonyl (C=O) groups is 2. The molecule has 0 aliphatic heterocycles. The number of hydrogen-bond donors (Lipinski definition) is 0. The smallest absolute Gasteiger partial charge is 0.332 e. The molecule has 0 fully saturated rings. The van der Waals surface area contributed by atoms with Crippen LogP contribution in [-0.2, 0) is 23.8 Å². The molecule has 0 radical (unpaired) electrons. The molecule has 0 aliphatic carbocycles. The van der Waals surface area contributed by atoms with Crippen LogP contribution in [0.2, 0.25) is 0 Å². The first-order valence-corrected chi connectivity index (χ1v) is 6.52. The van der Waals surface area contributed by atoms with Gasteiger partial charge in [0.1, 0.15) is 13.2 Å². The molecule has 0 atom stereocenters. The fourth-order valence-electron chi connectivity index (χ4n) is 1.25. The third kappa shape index (κ3) is 8.98. The van der Waals surface area contributed by atoms with E-state index in [1.807, 2.05) is 6.92 Å². The minimum atomic E-state index is -0.454. The predicted octanol–water partition coefficient (Wildman–Crippen LogP) is 1.94. The minimum absolute atomic E-state index is 0.207. The van der Waals surface area contributed by atoms with E-state index in [1.54, 1.807) is 0 Å². The van der Waals surface area contributed by atoms with Crippen molar-refractivity contribution in [2.24, 2.45) is 5.92 Å². The van der Waals surface area contributed by atoms with Crippen LogP contribution in [0.1, 0.15) is 40.0 Å². The summed E-state index contributed by atoms with van der Waals surface area (Å²) in [6, 6.07) is 0. The Morgan fingerprint density at radius 1 is 0.944 bits per heavy atom. The lowest BCUT2D eigenvalue weighted by Crippen LogP contribution is -2.20. The molecule has 5 heteroatoms. The Balaban J connectivity index is 3.55. The minimum Gasteiger partial charge on any atom is -0.464 e. The quantitative estimate of drug-likeness (QED) is 0.562. The van der Waals surface area contributed by atoms with Gasteiger partial charge in [-0.1, -0.05) is 33.6 Å². The van der Waals surface area contributed by atoms with Gasteiger partial charge in [0, 0.05) is 0 Å². The molecular weight excluding hydrogens is 236 g/mol. The first-order valence-electron chi connectivity index (χ1n) is 6.52. The Morgan fingerprint density at radius 3 is 2.00 bits per heavy atom. The summed E-state index contributed by atoms with van der Waals surface area (Å²) in [6.07, 6.45) is 2.73. The topological polar surface area (TPSA) is 61.8 Å². The lowest BCUT2D eigenvalue weighted by Gasteiger charge is -2.12. The van der Waals surface area contributed by atoms with Crippen LogP contribution >= 0.6 is 0 Å². The van der Waals surface area contributed by atoms with Crippen LogP contribution in [-0.4, -0.2) is 38.4 Å². The SMILES string of the molecule is CCCOC(=O)COCC(=O)OCC(CC)CC. The van der Waals surface area contributed by atoms with Crippen molar-refractivity contribution in [2.75, 3.05) is 26.4 Å². The summed E-state index contributed by atoms with van der Waals surface area (Å²) < 4.78 is 14.7. The molecule has 0 bridgehead atoms. The van der Waals surface area contributed by atoms with Crippen LogP contribution in [0.3, 0.4) is 0 Å². The zero-order valence-corrected chi connectivity index (χ0v) is 11.6. The second-order valence-electron chi connectivity index (χ2n) is 4.08. The van der Waals surface area contributed by atoms with E-state index >= 15 is 0 Å². The largest absolute Gasteiger partial charge is 0.464 e. The molecule has 0 unspecified atom stereocenters. The summed E-state index contributed by atoms with van der Waals surface area (Å²) in [7, 11) is 0. The predicted molar refractivity (Wildman–Crippen MR) is 67.1 cm³/mol. The second kappa shape index (κ2) is 11.0. The molecule has 106 valence electrons. The lowest BCUT2D eigenvalue weighted by atomic mass is 10.1. The van der Waals surface area contributed by atoms with Crippen LogP contribution in [0, 0.1) is 5.92 Å². The molecule has 0 aliphatic rings. The Morgan fingerprint density at radius 2 is 1.50 bits per heavy atom. The van der Waals surface area contributed by atoms with E-state index in [1.165, 1.54) is 0 Å². The molecule has 0 aromatic heterocycles. The number of rotatable bonds is 10. The molecule has 5 nitrogen and oxygen atoms in total. The fraction of sp³-hybridized carbons (Fsp3) is 0.846. The Bertz CT molecular complexity index is 236. The number of esters is 2. The van der Waals surface area contributed by atoms with Crippen molar-refractivity contribution in [3.63, 3.8) is 0 Å². The zero-order valence-electron chi connectivity index (χ0n) is 11.6. The summed E-state index contributed by atoms with van der Waals surface area (Å²) in [6.45, 7) is 6.39. The summed E-state index contributed by atoms with van der Waals surface area (Å²) >= 11 is 0. The highest BCUT2D eigenvalue weighted by Crippen LogP contribution is 2.07. The van der Waals surface area contributed by atoms with E-state index in [2.05, 4.69) is 13.8 Å². The highest BCUT2D eigenvalue weighted by Gasteiger charge is 2.10. The molecule has 0 saturated carbocycles. The third-order valence-corrected chi connectivity index (χ3v) is 2.54. The van der Waals surface area contributed by atoms with Gasteiger partial charge in [-0.25, -0.2) is 9.59 Å². The van der Waals surface area contributed by atoms with Crippen molar-refractivity contribution in [2.45, 2.75) is 40.0 Å². The van der Waals surface area contributed by atoms with Crippen LogP contribution < -0.4 is 0 Å².